The first-order valence-corrected chi connectivity index (χ1v) is 3.99. The molecule has 1 rings (SSSR count). The van der Waals surface area contributed by atoms with Gasteiger partial charge in [-0.25, -0.2) is 4.39 Å². The van der Waals surface area contributed by atoms with Crippen LogP contribution < -0.4 is 0 Å². The van der Waals surface area contributed by atoms with Gasteiger partial charge in [-0.2, -0.15) is 10.5 Å². The van der Waals surface area contributed by atoms with Crippen molar-refractivity contribution in [3.05, 3.63) is 41.2 Å². The van der Waals surface area contributed by atoms with Gasteiger partial charge in [-0.15, -0.1) is 0 Å². The van der Waals surface area contributed by atoms with Gasteiger partial charge < -0.3 is 0 Å². The highest BCUT2D eigenvalue weighted by molar-refractivity contribution is 5.57. The van der Waals surface area contributed by atoms with Gasteiger partial charge in [-0.05, 0) is 23.8 Å². The van der Waals surface area contributed by atoms with E-state index in [1.54, 1.807) is 18.2 Å². The number of hydrogen-bond donors (Lipinski definition) is 0. The summed E-state index contributed by atoms with van der Waals surface area (Å²) < 4.78 is 12.5. The predicted molar refractivity (Wildman–Crippen MR) is 50.2 cm³/mol. The molecule has 2 nitrogen and oxygen atoms in total. The first-order valence-electron chi connectivity index (χ1n) is 3.99. The van der Waals surface area contributed by atoms with Crippen LogP contribution >= 0.6 is 0 Å². The number of hydrogen-bond acceptors (Lipinski definition) is 2. The van der Waals surface area contributed by atoms with Crippen LogP contribution in [0.2, 0.25) is 0 Å². The molecular weight excluding hydrogens is 179 g/mol. The van der Waals surface area contributed by atoms with E-state index in [4.69, 9.17) is 10.5 Å². The van der Waals surface area contributed by atoms with E-state index in [-0.39, 0.29) is 12.2 Å². The zero-order valence-electron chi connectivity index (χ0n) is 7.37. The Kier molecular flexibility index (Phi) is 3.41. The Bertz CT molecular complexity index is 418. The van der Waals surface area contributed by atoms with E-state index in [9.17, 15) is 4.39 Å². The minimum atomic E-state index is -0.319. The second-order valence-corrected chi connectivity index (χ2v) is 2.67. The molecule has 0 aliphatic carbocycles. The summed E-state index contributed by atoms with van der Waals surface area (Å²) in [5, 5.41) is 17.0. The average Bonchev–Trinajstić information content (AvgIpc) is 2.20. The third-order valence-electron chi connectivity index (χ3n) is 1.62. The van der Waals surface area contributed by atoms with Crippen molar-refractivity contribution in [1.29, 1.82) is 10.5 Å². The van der Waals surface area contributed by atoms with Gasteiger partial charge >= 0.3 is 0 Å². The molecule has 68 valence electrons. The molecular formula is C11H7FN2. The van der Waals surface area contributed by atoms with E-state index in [1.165, 1.54) is 12.1 Å². The number of halogens is 1. The number of nitriles is 2. The molecule has 0 saturated carbocycles. The Morgan fingerprint density at radius 1 is 1.29 bits per heavy atom. The average molecular weight is 186 g/mol. The van der Waals surface area contributed by atoms with Crippen LogP contribution in [0.15, 0.2) is 29.8 Å². The van der Waals surface area contributed by atoms with E-state index in [2.05, 4.69) is 0 Å². The Hall–Kier alpha value is -2.13. The normalized spacial score (nSPS) is 10.4. The summed E-state index contributed by atoms with van der Waals surface area (Å²) in [6, 6.07) is 9.54. The SMILES string of the molecule is N#CC/C(C#N)=C\c1ccc(F)cc1. The monoisotopic (exact) mass is 186 g/mol. The highest BCUT2D eigenvalue weighted by Gasteiger charge is 1.95. The van der Waals surface area contributed by atoms with Crippen molar-refractivity contribution in [2.24, 2.45) is 0 Å². The summed E-state index contributed by atoms with van der Waals surface area (Å²) in [6.45, 7) is 0. The molecule has 0 aliphatic rings. The van der Waals surface area contributed by atoms with E-state index < -0.39 is 0 Å². The van der Waals surface area contributed by atoms with E-state index in [0.717, 1.165) is 5.56 Å². The largest absolute Gasteiger partial charge is 0.207 e. The summed E-state index contributed by atoms with van der Waals surface area (Å²) in [6.07, 6.45) is 1.65. The van der Waals surface area contributed by atoms with Crippen molar-refractivity contribution in [2.75, 3.05) is 0 Å². The third-order valence-corrected chi connectivity index (χ3v) is 1.62. The van der Waals surface area contributed by atoms with Crippen molar-refractivity contribution < 1.29 is 4.39 Å². The molecule has 0 amide bonds. The minimum absolute atomic E-state index is 0.0773. The van der Waals surface area contributed by atoms with Crippen LogP contribution in [0.3, 0.4) is 0 Å². The quantitative estimate of drug-likeness (QED) is 0.666. The van der Waals surface area contributed by atoms with Crippen molar-refractivity contribution in [3.8, 4) is 12.1 Å². The molecule has 0 atom stereocenters. The van der Waals surface area contributed by atoms with Crippen molar-refractivity contribution in [3.63, 3.8) is 0 Å². The fourth-order valence-electron chi connectivity index (χ4n) is 0.968. The minimum Gasteiger partial charge on any atom is -0.207 e. The molecule has 0 fully saturated rings. The number of allylic oxidation sites excluding steroid dienone is 1. The van der Waals surface area contributed by atoms with Gasteiger partial charge in [0.1, 0.15) is 5.82 Å². The van der Waals surface area contributed by atoms with Crippen LogP contribution in [0.1, 0.15) is 12.0 Å². The maximum atomic E-state index is 12.5. The summed E-state index contributed by atoms with van der Waals surface area (Å²) in [4.78, 5) is 0. The Labute approximate surface area is 81.5 Å². The van der Waals surface area contributed by atoms with E-state index in [1.807, 2.05) is 12.1 Å². The number of rotatable bonds is 2. The van der Waals surface area contributed by atoms with Gasteiger partial charge in [0, 0.05) is 5.57 Å². The van der Waals surface area contributed by atoms with E-state index in [0.29, 0.717) is 5.57 Å². The van der Waals surface area contributed by atoms with Crippen molar-refractivity contribution in [2.45, 2.75) is 6.42 Å². The second-order valence-electron chi connectivity index (χ2n) is 2.67. The van der Waals surface area contributed by atoms with Gasteiger partial charge in [0.15, 0.2) is 0 Å². The predicted octanol–water partition coefficient (Wildman–Crippen LogP) is 2.65. The smallest absolute Gasteiger partial charge is 0.123 e. The molecule has 0 unspecified atom stereocenters. The number of nitrogens with zero attached hydrogens (tertiary/aromatic N) is 2. The molecule has 0 heterocycles. The molecule has 3 heteroatoms. The molecule has 0 bridgehead atoms. The molecule has 1 aromatic carbocycles. The molecule has 0 aliphatic heterocycles. The third kappa shape index (κ3) is 2.73. The van der Waals surface area contributed by atoms with Gasteiger partial charge in [-0.3, -0.25) is 0 Å². The topological polar surface area (TPSA) is 47.6 Å². The first kappa shape index (κ1) is 9.95. The zero-order valence-corrected chi connectivity index (χ0v) is 7.37. The Balaban J connectivity index is 2.92. The van der Waals surface area contributed by atoms with Gasteiger partial charge in [-0.1, -0.05) is 12.1 Å². The molecule has 14 heavy (non-hydrogen) atoms. The van der Waals surface area contributed by atoms with Gasteiger partial charge in [0.25, 0.3) is 0 Å². The second kappa shape index (κ2) is 4.79. The van der Waals surface area contributed by atoms with Gasteiger partial charge in [0.2, 0.25) is 0 Å². The van der Waals surface area contributed by atoms with Crippen molar-refractivity contribution in [1.82, 2.24) is 0 Å². The highest BCUT2D eigenvalue weighted by Crippen LogP contribution is 2.09. The highest BCUT2D eigenvalue weighted by atomic mass is 19.1. The summed E-state index contributed by atoms with van der Waals surface area (Å²) in [5.41, 5.74) is 1.09. The molecule has 0 saturated heterocycles. The fraction of sp³-hybridized carbons (Fsp3) is 0.0909. The molecule has 0 spiro atoms. The summed E-state index contributed by atoms with van der Waals surface area (Å²) >= 11 is 0. The Morgan fingerprint density at radius 3 is 2.43 bits per heavy atom. The lowest BCUT2D eigenvalue weighted by atomic mass is 10.1. The lowest BCUT2D eigenvalue weighted by Gasteiger charge is -1.93. The Morgan fingerprint density at radius 2 is 1.93 bits per heavy atom. The van der Waals surface area contributed by atoms with Crippen LogP contribution in [0.25, 0.3) is 6.08 Å². The molecule has 0 aromatic heterocycles. The van der Waals surface area contributed by atoms with Crippen LogP contribution in [0, 0.1) is 28.5 Å². The fourth-order valence-corrected chi connectivity index (χ4v) is 0.968. The summed E-state index contributed by atoms with van der Waals surface area (Å²) in [5.74, 6) is -0.319. The molecule has 0 N–H and O–H groups in total. The standard InChI is InChI=1S/C11H7FN2/c12-11-3-1-9(2-4-11)7-10(8-14)5-6-13/h1-4,7H,5H2/b10-7+. The number of benzene rings is 1. The zero-order chi connectivity index (χ0) is 10.4. The van der Waals surface area contributed by atoms with E-state index >= 15 is 0 Å². The molecule has 0 radical (unpaired) electrons. The lowest BCUT2D eigenvalue weighted by molar-refractivity contribution is 0.628. The van der Waals surface area contributed by atoms with Crippen LogP contribution in [-0.4, -0.2) is 0 Å². The van der Waals surface area contributed by atoms with Gasteiger partial charge in [0.05, 0.1) is 18.6 Å². The summed E-state index contributed by atoms with van der Waals surface area (Å²) in [7, 11) is 0. The van der Waals surface area contributed by atoms with Crippen LogP contribution in [0.4, 0.5) is 4.39 Å². The maximum absolute atomic E-state index is 12.5. The van der Waals surface area contributed by atoms with Crippen molar-refractivity contribution >= 4 is 6.08 Å². The van der Waals surface area contributed by atoms with Crippen LogP contribution in [0.5, 0.6) is 0 Å². The van der Waals surface area contributed by atoms with Crippen LogP contribution in [-0.2, 0) is 0 Å². The lowest BCUT2D eigenvalue weighted by Crippen LogP contribution is -1.79. The maximum Gasteiger partial charge on any atom is 0.123 e. The first-order chi connectivity index (χ1) is 6.76. The molecule has 1 aromatic rings.